The second-order valence-corrected chi connectivity index (χ2v) is 5.16. The minimum atomic E-state index is 0.116. The first-order chi connectivity index (χ1) is 8.22. The zero-order valence-electron chi connectivity index (χ0n) is 10.2. The maximum absolute atomic E-state index is 5.90. The first-order valence-electron chi connectivity index (χ1n) is 5.79. The van der Waals surface area contributed by atoms with Gasteiger partial charge in [0.1, 0.15) is 0 Å². The summed E-state index contributed by atoms with van der Waals surface area (Å²) in [5, 5.41) is 5.39. The molecule has 2 nitrogen and oxygen atoms in total. The number of benzene rings is 1. The van der Waals surface area contributed by atoms with E-state index in [4.69, 9.17) is 5.73 Å². The fourth-order valence-corrected chi connectivity index (χ4v) is 2.75. The van der Waals surface area contributed by atoms with E-state index >= 15 is 0 Å². The van der Waals surface area contributed by atoms with E-state index in [2.05, 4.69) is 41.0 Å². The maximum atomic E-state index is 5.90. The Labute approximate surface area is 106 Å². The Morgan fingerprint density at radius 3 is 2.76 bits per heavy atom. The molecule has 0 unspecified atom stereocenters. The predicted octanol–water partition coefficient (Wildman–Crippen LogP) is 3.15. The minimum absolute atomic E-state index is 0.116. The molecule has 0 amide bonds. The highest BCUT2D eigenvalue weighted by atomic mass is 32.1. The van der Waals surface area contributed by atoms with Crippen molar-refractivity contribution in [3.05, 3.63) is 46.2 Å². The molecule has 1 aromatic carbocycles. The fourth-order valence-electron chi connectivity index (χ4n) is 1.88. The second-order valence-electron chi connectivity index (χ2n) is 4.21. The molecule has 3 heteroatoms. The molecule has 0 radical (unpaired) electrons. The molecule has 1 aromatic heterocycles. The van der Waals surface area contributed by atoms with Crippen molar-refractivity contribution in [2.75, 3.05) is 7.05 Å². The summed E-state index contributed by atoms with van der Waals surface area (Å²) in [5.74, 6) is 0. The number of nitrogens with two attached hydrogens (primary N) is 1. The van der Waals surface area contributed by atoms with Crippen molar-refractivity contribution in [2.24, 2.45) is 5.73 Å². The Balaban J connectivity index is 2.38. The van der Waals surface area contributed by atoms with E-state index in [0.717, 1.165) is 6.54 Å². The van der Waals surface area contributed by atoms with Gasteiger partial charge in [-0.2, -0.15) is 0 Å². The van der Waals surface area contributed by atoms with Gasteiger partial charge in [0.2, 0.25) is 0 Å². The molecule has 90 valence electrons. The van der Waals surface area contributed by atoms with Gasteiger partial charge in [-0.15, -0.1) is 11.3 Å². The molecule has 2 aromatic rings. The normalized spacial score (nSPS) is 12.6. The Morgan fingerprint density at radius 1 is 1.35 bits per heavy atom. The monoisotopic (exact) mass is 246 g/mol. The van der Waals surface area contributed by atoms with Gasteiger partial charge in [-0.3, -0.25) is 0 Å². The van der Waals surface area contributed by atoms with Crippen molar-refractivity contribution in [1.29, 1.82) is 0 Å². The van der Waals surface area contributed by atoms with Crippen LogP contribution in [0.3, 0.4) is 0 Å². The number of hydrogen-bond donors (Lipinski definition) is 2. The van der Waals surface area contributed by atoms with Crippen LogP contribution in [0.5, 0.6) is 0 Å². The van der Waals surface area contributed by atoms with Crippen LogP contribution in [0, 0.1) is 0 Å². The largest absolute Gasteiger partial charge is 0.324 e. The van der Waals surface area contributed by atoms with Gasteiger partial charge < -0.3 is 11.1 Å². The lowest BCUT2D eigenvalue weighted by molar-refractivity contribution is 0.819. The molecule has 17 heavy (non-hydrogen) atoms. The van der Waals surface area contributed by atoms with Crippen LogP contribution in [0.1, 0.15) is 23.4 Å². The number of rotatable bonds is 4. The lowest BCUT2D eigenvalue weighted by Gasteiger charge is -2.07. The van der Waals surface area contributed by atoms with Crippen molar-refractivity contribution < 1.29 is 0 Å². The van der Waals surface area contributed by atoms with Crippen LogP contribution in [0.2, 0.25) is 0 Å². The van der Waals surface area contributed by atoms with Gasteiger partial charge in [0.05, 0.1) is 0 Å². The van der Waals surface area contributed by atoms with Crippen molar-refractivity contribution in [2.45, 2.75) is 19.5 Å². The van der Waals surface area contributed by atoms with Gasteiger partial charge in [-0.1, -0.05) is 24.3 Å². The Kier molecular flexibility index (Phi) is 3.94. The molecular weight excluding hydrogens is 228 g/mol. The summed E-state index contributed by atoms with van der Waals surface area (Å²) in [5.41, 5.74) is 9.79. The maximum Gasteiger partial charge on any atom is 0.0361 e. The highest BCUT2D eigenvalue weighted by Gasteiger charge is 2.08. The van der Waals surface area contributed by atoms with Crippen LogP contribution in [-0.4, -0.2) is 7.05 Å². The summed E-state index contributed by atoms with van der Waals surface area (Å²) in [4.78, 5) is 1.24. The Morgan fingerprint density at radius 2 is 2.12 bits per heavy atom. The van der Waals surface area contributed by atoms with Crippen LogP contribution < -0.4 is 11.1 Å². The molecule has 2 rings (SSSR count). The molecule has 0 saturated heterocycles. The third-order valence-electron chi connectivity index (χ3n) is 2.76. The van der Waals surface area contributed by atoms with Gasteiger partial charge in [-0.05, 0) is 42.1 Å². The lowest BCUT2D eigenvalue weighted by Crippen LogP contribution is -2.06. The lowest BCUT2D eigenvalue weighted by atomic mass is 10.0. The van der Waals surface area contributed by atoms with E-state index < -0.39 is 0 Å². The molecule has 0 aliphatic rings. The van der Waals surface area contributed by atoms with Crippen LogP contribution >= 0.6 is 11.3 Å². The number of hydrogen-bond acceptors (Lipinski definition) is 3. The minimum Gasteiger partial charge on any atom is -0.324 e. The summed E-state index contributed by atoms with van der Waals surface area (Å²) in [6.45, 7) is 2.91. The standard InChI is InChI=1S/C14H18N2S/c1-10(15)14-7-12(9-17-14)13-6-4-3-5-11(13)8-16-2/h3-7,9-10,16H,8,15H2,1-2H3/t10-/m1/s1. The zero-order valence-corrected chi connectivity index (χ0v) is 11.1. The molecular formula is C14H18N2S. The summed E-state index contributed by atoms with van der Waals surface area (Å²) in [6.07, 6.45) is 0. The van der Waals surface area contributed by atoms with Crippen LogP contribution in [0.4, 0.5) is 0 Å². The van der Waals surface area contributed by atoms with Gasteiger partial charge in [-0.25, -0.2) is 0 Å². The van der Waals surface area contributed by atoms with E-state index in [1.165, 1.54) is 21.6 Å². The average molecular weight is 246 g/mol. The predicted molar refractivity (Wildman–Crippen MR) is 75.1 cm³/mol. The van der Waals surface area contributed by atoms with Crippen LogP contribution in [-0.2, 0) is 6.54 Å². The van der Waals surface area contributed by atoms with Crippen LogP contribution in [0.15, 0.2) is 35.7 Å². The Bertz CT molecular complexity index is 488. The van der Waals surface area contributed by atoms with E-state index in [0.29, 0.717) is 0 Å². The highest BCUT2D eigenvalue weighted by Crippen LogP contribution is 2.30. The van der Waals surface area contributed by atoms with Crippen LogP contribution in [0.25, 0.3) is 11.1 Å². The fraction of sp³-hybridized carbons (Fsp3) is 0.286. The summed E-state index contributed by atoms with van der Waals surface area (Å²) < 4.78 is 0. The smallest absolute Gasteiger partial charge is 0.0361 e. The van der Waals surface area contributed by atoms with Crippen molar-refractivity contribution in [3.8, 4) is 11.1 Å². The van der Waals surface area contributed by atoms with Crippen molar-refractivity contribution >= 4 is 11.3 Å². The van der Waals surface area contributed by atoms with Gasteiger partial charge in [0, 0.05) is 17.5 Å². The Hall–Kier alpha value is -1.16. The molecule has 0 fully saturated rings. The van der Waals surface area contributed by atoms with E-state index in [9.17, 15) is 0 Å². The molecule has 0 saturated carbocycles. The zero-order chi connectivity index (χ0) is 12.3. The SMILES string of the molecule is CNCc1ccccc1-c1csc([C@@H](C)N)c1. The molecule has 3 N–H and O–H groups in total. The highest BCUT2D eigenvalue weighted by molar-refractivity contribution is 7.10. The molecule has 0 aliphatic heterocycles. The van der Waals surface area contributed by atoms with E-state index in [1.807, 2.05) is 14.0 Å². The topological polar surface area (TPSA) is 38.0 Å². The van der Waals surface area contributed by atoms with E-state index in [-0.39, 0.29) is 6.04 Å². The molecule has 0 aliphatic carbocycles. The third kappa shape index (κ3) is 2.75. The summed E-state index contributed by atoms with van der Waals surface area (Å²) in [7, 11) is 1.97. The number of thiophene rings is 1. The summed E-state index contributed by atoms with van der Waals surface area (Å²) >= 11 is 1.73. The quantitative estimate of drug-likeness (QED) is 0.869. The summed E-state index contributed by atoms with van der Waals surface area (Å²) in [6, 6.07) is 10.8. The average Bonchev–Trinajstić information content (AvgIpc) is 2.79. The van der Waals surface area contributed by atoms with Crippen molar-refractivity contribution in [1.82, 2.24) is 5.32 Å². The van der Waals surface area contributed by atoms with Crippen molar-refractivity contribution in [3.63, 3.8) is 0 Å². The first-order valence-corrected chi connectivity index (χ1v) is 6.67. The molecule has 0 spiro atoms. The second kappa shape index (κ2) is 5.45. The third-order valence-corrected chi connectivity index (χ3v) is 3.90. The molecule has 1 heterocycles. The molecule has 1 atom stereocenters. The van der Waals surface area contributed by atoms with Gasteiger partial charge in [0.15, 0.2) is 0 Å². The van der Waals surface area contributed by atoms with Gasteiger partial charge in [0.25, 0.3) is 0 Å². The number of nitrogens with one attached hydrogen (secondary N) is 1. The van der Waals surface area contributed by atoms with Gasteiger partial charge >= 0.3 is 0 Å². The first kappa shape index (κ1) is 12.3. The van der Waals surface area contributed by atoms with E-state index in [1.54, 1.807) is 11.3 Å². The molecule has 0 bridgehead atoms.